The van der Waals surface area contributed by atoms with E-state index in [4.69, 9.17) is 0 Å². The predicted octanol–water partition coefficient (Wildman–Crippen LogP) is 2.14. The molecular weight excluding hydrogens is 320 g/mol. The molecule has 0 bridgehead atoms. The zero-order valence-corrected chi connectivity index (χ0v) is 13.5. The van der Waals surface area contributed by atoms with Gasteiger partial charge >= 0.3 is 0 Å². The number of rotatable bonds is 4. The highest BCUT2D eigenvalue weighted by atomic mass is 16.3. The summed E-state index contributed by atoms with van der Waals surface area (Å²) >= 11 is 0. The maximum Gasteiger partial charge on any atom is 0.190 e. The first-order chi connectivity index (χ1) is 12.2. The first-order valence-electron chi connectivity index (χ1n) is 8.32. The molecule has 3 heterocycles. The van der Waals surface area contributed by atoms with E-state index < -0.39 is 6.10 Å². The summed E-state index contributed by atoms with van der Waals surface area (Å²) < 4.78 is 1.68. The molecule has 3 N–H and O–H groups in total. The molecule has 0 saturated heterocycles. The Morgan fingerprint density at radius 1 is 1.32 bits per heavy atom. The van der Waals surface area contributed by atoms with Gasteiger partial charge in [-0.25, -0.2) is 9.97 Å². The molecule has 3 aromatic heterocycles. The molecule has 8 nitrogen and oxygen atoms in total. The van der Waals surface area contributed by atoms with Crippen molar-refractivity contribution in [3.63, 3.8) is 0 Å². The smallest absolute Gasteiger partial charge is 0.190 e. The Labute approximate surface area is 143 Å². The summed E-state index contributed by atoms with van der Waals surface area (Å²) in [6, 6.07) is 3.16. The van der Waals surface area contributed by atoms with Gasteiger partial charge in [0.15, 0.2) is 12.0 Å². The highest BCUT2D eigenvalue weighted by Gasteiger charge is 2.33. The van der Waals surface area contributed by atoms with Crippen LogP contribution >= 0.6 is 0 Å². The van der Waals surface area contributed by atoms with Crippen LogP contribution in [-0.2, 0) is 0 Å². The van der Waals surface area contributed by atoms with Crippen molar-refractivity contribution in [2.75, 3.05) is 0 Å². The van der Waals surface area contributed by atoms with Crippen molar-refractivity contribution in [2.45, 2.75) is 37.8 Å². The molecule has 1 aliphatic rings. The molecule has 0 aromatic carbocycles. The van der Waals surface area contributed by atoms with E-state index in [-0.39, 0.29) is 17.8 Å². The third-order valence-corrected chi connectivity index (χ3v) is 4.93. The van der Waals surface area contributed by atoms with Gasteiger partial charge in [-0.3, -0.25) is 4.68 Å². The number of H-pyrrole nitrogens is 1. The number of aromatic nitrogens is 5. The molecule has 8 heteroatoms. The Morgan fingerprint density at radius 3 is 2.88 bits per heavy atom. The largest absolute Gasteiger partial charge is 0.495 e. The molecule has 3 aromatic rings. The molecule has 1 saturated carbocycles. The molecule has 0 amide bonds. The quantitative estimate of drug-likeness (QED) is 0.626. The normalized spacial score (nSPS) is 17.6. The predicted molar refractivity (Wildman–Crippen MR) is 89.4 cm³/mol. The Balaban J connectivity index is 1.74. The minimum absolute atomic E-state index is 0.0212. The summed E-state index contributed by atoms with van der Waals surface area (Å²) in [5.41, 5.74) is 1.93. The van der Waals surface area contributed by atoms with Gasteiger partial charge in [0.1, 0.15) is 12.0 Å². The van der Waals surface area contributed by atoms with E-state index in [1.54, 1.807) is 23.1 Å². The van der Waals surface area contributed by atoms with E-state index in [2.05, 4.69) is 20.1 Å². The van der Waals surface area contributed by atoms with Crippen molar-refractivity contribution < 1.29 is 10.2 Å². The van der Waals surface area contributed by atoms with E-state index in [1.165, 1.54) is 6.33 Å². The molecule has 0 spiro atoms. The minimum Gasteiger partial charge on any atom is -0.495 e. The SMILES string of the molecule is N#CC(O)C(C1CCCC1)n1cc(-c2ncnc3[nH]c(O)cc23)cn1. The second-order valence-electron chi connectivity index (χ2n) is 6.46. The van der Waals surface area contributed by atoms with Gasteiger partial charge in [-0.05, 0) is 18.8 Å². The number of aromatic amines is 1. The monoisotopic (exact) mass is 338 g/mol. The third kappa shape index (κ3) is 2.72. The number of aromatic hydroxyl groups is 1. The molecule has 128 valence electrons. The van der Waals surface area contributed by atoms with Crippen molar-refractivity contribution in [3.05, 3.63) is 24.8 Å². The maximum absolute atomic E-state index is 10.2. The fourth-order valence-corrected chi connectivity index (χ4v) is 3.77. The summed E-state index contributed by atoms with van der Waals surface area (Å²) in [7, 11) is 0. The molecule has 0 radical (unpaired) electrons. The topological polar surface area (TPSA) is 124 Å². The first-order valence-corrected chi connectivity index (χ1v) is 8.32. The van der Waals surface area contributed by atoms with Crippen LogP contribution in [0.4, 0.5) is 0 Å². The summed E-state index contributed by atoms with van der Waals surface area (Å²) in [5, 5.41) is 34.1. The second-order valence-corrected chi connectivity index (χ2v) is 6.46. The number of nitrogens with one attached hydrogen (secondary N) is 1. The number of aliphatic hydroxyl groups excluding tert-OH is 1. The van der Waals surface area contributed by atoms with Crippen LogP contribution in [0.2, 0.25) is 0 Å². The number of nitriles is 1. The van der Waals surface area contributed by atoms with Crippen molar-refractivity contribution in [1.29, 1.82) is 5.26 Å². The molecule has 2 unspecified atom stereocenters. The number of fused-ring (bicyclic) bond motifs is 1. The van der Waals surface area contributed by atoms with E-state index in [0.29, 0.717) is 16.7 Å². The van der Waals surface area contributed by atoms with Gasteiger partial charge in [0.05, 0.1) is 24.0 Å². The van der Waals surface area contributed by atoms with Gasteiger partial charge in [0, 0.05) is 23.2 Å². The van der Waals surface area contributed by atoms with Crippen molar-refractivity contribution >= 4 is 11.0 Å². The van der Waals surface area contributed by atoms with Crippen LogP contribution in [0.3, 0.4) is 0 Å². The second kappa shape index (κ2) is 6.18. The Bertz CT molecular complexity index is 934. The van der Waals surface area contributed by atoms with E-state index in [9.17, 15) is 15.5 Å². The van der Waals surface area contributed by atoms with Gasteiger partial charge < -0.3 is 15.2 Å². The fraction of sp³-hybridized carbons (Fsp3) is 0.412. The van der Waals surface area contributed by atoms with Crippen molar-refractivity contribution in [1.82, 2.24) is 24.7 Å². The Kier molecular flexibility index (Phi) is 3.86. The van der Waals surface area contributed by atoms with E-state index >= 15 is 0 Å². The lowest BCUT2D eigenvalue weighted by Gasteiger charge is -2.24. The zero-order chi connectivity index (χ0) is 17.4. The Morgan fingerprint density at radius 2 is 2.12 bits per heavy atom. The van der Waals surface area contributed by atoms with Crippen LogP contribution in [0.5, 0.6) is 5.88 Å². The number of hydrogen-bond acceptors (Lipinski definition) is 6. The lowest BCUT2D eigenvalue weighted by Crippen LogP contribution is -2.29. The van der Waals surface area contributed by atoms with Crippen LogP contribution in [0.15, 0.2) is 24.8 Å². The maximum atomic E-state index is 10.2. The number of nitrogens with zero attached hydrogens (tertiary/aromatic N) is 5. The third-order valence-electron chi connectivity index (χ3n) is 4.93. The molecule has 1 fully saturated rings. The summed E-state index contributed by atoms with van der Waals surface area (Å²) in [4.78, 5) is 11.2. The molecule has 1 aliphatic carbocycles. The lowest BCUT2D eigenvalue weighted by molar-refractivity contribution is 0.115. The van der Waals surface area contributed by atoms with Gasteiger partial charge in [0.2, 0.25) is 0 Å². The molecule has 4 rings (SSSR count). The van der Waals surface area contributed by atoms with Gasteiger partial charge in [-0.2, -0.15) is 10.4 Å². The molecular formula is C17H18N6O2. The number of aliphatic hydroxyl groups is 1. The highest BCUT2D eigenvalue weighted by Crippen LogP contribution is 2.37. The molecule has 0 aliphatic heterocycles. The minimum atomic E-state index is -1.10. The van der Waals surface area contributed by atoms with Gasteiger partial charge in [-0.1, -0.05) is 12.8 Å². The van der Waals surface area contributed by atoms with Crippen molar-refractivity contribution in [3.8, 4) is 23.2 Å². The van der Waals surface area contributed by atoms with E-state index in [1.807, 2.05) is 6.07 Å². The van der Waals surface area contributed by atoms with Crippen LogP contribution in [0.1, 0.15) is 31.7 Å². The fourth-order valence-electron chi connectivity index (χ4n) is 3.77. The highest BCUT2D eigenvalue weighted by molar-refractivity contribution is 5.91. The Hall–Kier alpha value is -2.92. The van der Waals surface area contributed by atoms with Crippen LogP contribution in [-0.4, -0.2) is 41.0 Å². The van der Waals surface area contributed by atoms with Crippen LogP contribution in [0.25, 0.3) is 22.3 Å². The zero-order valence-electron chi connectivity index (χ0n) is 13.5. The average molecular weight is 338 g/mol. The first kappa shape index (κ1) is 15.6. The summed E-state index contributed by atoms with van der Waals surface area (Å²) in [5.74, 6) is 0.261. The lowest BCUT2D eigenvalue weighted by atomic mass is 9.94. The summed E-state index contributed by atoms with van der Waals surface area (Å²) in [6.45, 7) is 0. The number of hydrogen-bond donors (Lipinski definition) is 3. The average Bonchev–Trinajstić information content (AvgIpc) is 3.34. The molecule has 2 atom stereocenters. The van der Waals surface area contributed by atoms with Crippen molar-refractivity contribution in [2.24, 2.45) is 5.92 Å². The van der Waals surface area contributed by atoms with Gasteiger partial charge in [-0.15, -0.1) is 0 Å². The summed E-state index contributed by atoms with van der Waals surface area (Å²) in [6.07, 6.45) is 7.99. The molecule has 25 heavy (non-hydrogen) atoms. The standard InChI is InChI=1S/C17H18N6O2/c18-6-13(24)16(10-3-1-2-4-10)23-8-11(7-21-23)15-12-5-14(25)22-17(12)20-9-19-15/h5,7-10,13,16,24-25H,1-4H2,(H,19,20,22). The van der Waals surface area contributed by atoms with Crippen LogP contribution in [0, 0.1) is 17.2 Å². The van der Waals surface area contributed by atoms with Gasteiger partial charge in [0.25, 0.3) is 0 Å². The van der Waals surface area contributed by atoms with Crippen LogP contribution < -0.4 is 0 Å². The van der Waals surface area contributed by atoms with E-state index in [0.717, 1.165) is 31.2 Å².